The fraction of sp³-hybridized carbons (Fsp3) is 0.400. The number of thiophene rings is 1. The highest BCUT2D eigenvalue weighted by molar-refractivity contribution is 7.17. The number of carbonyl (C=O) groups excluding carboxylic acids is 1. The Balaban J connectivity index is 2.48. The van der Waals surface area contributed by atoms with E-state index in [9.17, 15) is 4.79 Å². The van der Waals surface area contributed by atoms with Gasteiger partial charge in [-0.2, -0.15) is 0 Å². The normalized spacial score (nSPS) is 12.9. The van der Waals surface area contributed by atoms with Gasteiger partial charge in [0.25, 0.3) is 0 Å². The van der Waals surface area contributed by atoms with Crippen LogP contribution in [0.5, 0.6) is 0 Å². The van der Waals surface area contributed by atoms with E-state index in [1.807, 2.05) is 19.1 Å². The Morgan fingerprint density at radius 3 is 2.78 bits per heavy atom. The number of benzene rings is 1. The zero-order chi connectivity index (χ0) is 13.1. The summed E-state index contributed by atoms with van der Waals surface area (Å²) in [7, 11) is 0. The molecule has 1 aromatic carbocycles. The van der Waals surface area contributed by atoms with Gasteiger partial charge in [0.05, 0.1) is 12.5 Å². The van der Waals surface area contributed by atoms with Crippen molar-refractivity contribution >= 4 is 27.4 Å². The average molecular weight is 262 g/mol. The Bertz CT molecular complexity index is 542. The Labute approximate surface area is 112 Å². The van der Waals surface area contributed by atoms with Crippen molar-refractivity contribution in [2.75, 3.05) is 6.61 Å². The SMILES string of the molecule is CCOC(=O)C(c1cccc2ccsc12)C(C)C. The van der Waals surface area contributed by atoms with E-state index < -0.39 is 0 Å². The maximum Gasteiger partial charge on any atom is 0.313 e. The molecule has 1 aromatic heterocycles. The van der Waals surface area contributed by atoms with E-state index in [-0.39, 0.29) is 17.8 Å². The fourth-order valence-corrected chi connectivity index (χ4v) is 3.21. The molecule has 0 saturated carbocycles. The molecule has 0 aliphatic carbocycles. The van der Waals surface area contributed by atoms with Gasteiger partial charge in [-0.05, 0) is 35.2 Å². The summed E-state index contributed by atoms with van der Waals surface area (Å²) in [6.45, 7) is 6.41. The lowest BCUT2D eigenvalue weighted by atomic mass is 9.88. The summed E-state index contributed by atoms with van der Waals surface area (Å²) < 4.78 is 6.41. The summed E-state index contributed by atoms with van der Waals surface area (Å²) >= 11 is 1.69. The first-order chi connectivity index (χ1) is 8.65. The molecule has 0 bridgehead atoms. The molecule has 0 saturated heterocycles. The summed E-state index contributed by atoms with van der Waals surface area (Å²) in [6, 6.07) is 8.23. The highest BCUT2D eigenvalue weighted by Gasteiger charge is 2.27. The second-order valence-corrected chi connectivity index (χ2v) is 5.58. The van der Waals surface area contributed by atoms with Crippen LogP contribution in [0.2, 0.25) is 0 Å². The maximum absolute atomic E-state index is 12.1. The molecule has 0 radical (unpaired) electrons. The van der Waals surface area contributed by atoms with Crippen molar-refractivity contribution in [3.8, 4) is 0 Å². The lowest BCUT2D eigenvalue weighted by Crippen LogP contribution is -2.20. The van der Waals surface area contributed by atoms with Gasteiger partial charge in [0.15, 0.2) is 0 Å². The summed E-state index contributed by atoms with van der Waals surface area (Å²) in [4.78, 5) is 12.1. The van der Waals surface area contributed by atoms with Crippen LogP contribution in [-0.2, 0) is 9.53 Å². The van der Waals surface area contributed by atoms with Gasteiger partial charge in [0.2, 0.25) is 0 Å². The van der Waals surface area contributed by atoms with Crippen molar-refractivity contribution in [3.05, 3.63) is 35.2 Å². The fourth-order valence-electron chi connectivity index (χ4n) is 2.25. The molecule has 0 fully saturated rings. The first kappa shape index (κ1) is 13.1. The van der Waals surface area contributed by atoms with E-state index >= 15 is 0 Å². The molecule has 1 heterocycles. The van der Waals surface area contributed by atoms with Crippen molar-refractivity contribution < 1.29 is 9.53 Å². The van der Waals surface area contributed by atoms with Gasteiger partial charge in [-0.1, -0.05) is 32.0 Å². The smallest absolute Gasteiger partial charge is 0.313 e. The second kappa shape index (κ2) is 5.53. The van der Waals surface area contributed by atoms with Crippen LogP contribution >= 0.6 is 11.3 Å². The molecule has 2 nitrogen and oxygen atoms in total. The average Bonchev–Trinajstić information content (AvgIpc) is 2.78. The van der Waals surface area contributed by atoms with E-state index in [4.69, 9.17) is 4.74 Å². The molecule has 0 amide bonds. The summed E-state index contributed by atoms with van der Waals surface area (Å²) in [6.07, 6.45) is 0. The molecule has 1 unspecified atom stereocenters. The van der Waals surface area contributed by atoms with Crippen LogP contribution in [0.3, 0.4) is 0 Å². The van der Waals surface area contributed by atoms with Gasteiger partial charge in [-0.15, -0.1) is 11.3 Å². The van der Waals surface area contributed by atoms with Crippen LogP contribution in [0.1, 0.15) is 32.3 Å². The molecule has 18 heavy (non-hydrogen) atoms. The predicted molar refractivity (Wildman–Crippen MR) is 76.0 cm³/mol. The van der Waals surface area contributed by atoms with Crippen LogP contribution in [0.15, 0.2) is 29.6 Å². The number of carbonyl (C=O) groups is 1. The Morgan fingerprint density at radius 2 is 2.11 bits per heavy atom. The zero-order valence-corrected chi connectivity index (χ0v) is 11.8. The molecule has 2 aromatic rings. The zero-order valence-electron chi connectivity index (χ0n) is 11.0. The van der Waals surface area contributed by atoms with Crippen LogP contribution in [-0.4, -0.2) is 12.6 Å². The number of hydrogen-bond donors (Lipinski definition) is 0. The van der Waals surface area contributed by atoms with Crippen LogP contribution in [0, 0.1) is 5.92 Å². The van der Waals surface area contributed by atoms with Gasteiger partial charge in [-0.25, -0.2) is 0 Å². The third kappa shape index (κ3) is 2.41. The first-order valence-electron chi connectivity index (χ1n) is 6.28. The van der Waals surface area contributed by atoms with Crippen molar-refractivity contribution in [3.63, 3.8) is 0 Å². The molecule has 0 spiro atoms. The minimum absolute atomic E-state index is 0.117. The van der Waals surface area contributed by atoms with Crippen molar-refractivity contribution in [1.29, 1.82) is 0 Å². The number of esters is 1. The summed E-state index contributed by atoms with van der Waals surface area (Å²) in [5.41, 5.74) is 1.09. The minimum atomic E-state index is -0.174. The minimum Gasteiger partial charge on any atom is -0.466 e. The number of ether oxygens (including phenoxy) is 1. The molecule has 0 N–H and O–H groups in total. The van der Waals surface area contributed by atoms with Crippen LogP contribution in [0.25, 0.3) is 10.1 Å². The molecule has 96 valence electrons. The highest BCUT2D eigenvalue weighted by Crippen LogP contribution is 2.34. The van der Waals surface area contributed by atoms with E-state index in [1.54, 1.807) is 11.3 Å². The molecule has 3 heteroatoms. The highest BCUT2D eigenvalue weighted by atomic mass is 32.1. The number of fused-ring (bicyclic) bond motifs is 1. The van der Waals surface area contributed by atoms with E-state index in [0.29, 0.717) is 6.61 Å². The van der Waals surface area contributed by atoms with Crippen molar-refractivity contribution in [2.24, 2.45) is 5.92 Å². The van der Waals surface area contributed by atoms with Gasteiger partial charge in [0.1, 0.15) is 0 Å². The second-order valence-electron chi connectivity index (χ2n) is 4.66. The Morgan fingerprint density at radius 1 is 1.33 bits per heavy atom. The molecular weight excluding hydrogens is 244 g/mol. The van der Waals surface area contributed by atoms with E-state index in [2.05, 4.69) is 31.4 Å². The predicted octanol–water partition coefficient (Wildman–Crippen LogP) is 4.20. The van der Waals surface area contributed by atoms with Crippen molar-refractivity contribution in [1.82, 2.24) is 0 Å². The van der Waals surface area contributed by atoms with Crippen LogP contribution < -0.4 is 0 Å². The standard InChI is InChI=1S/C15H18O2S/c1-4-17-15(16)13(10(2)3)12-7-5-6-11-8-9-18-14(11)12/h5-10,13H,4H2,1-3H3. The third-order valence-electron chi connectivity index (χ3n) is 3.05. The maximum atomic E-state index is 12.1. The third-order valence-corrected chi connectivity index (χ3v) is 4.03. The largest absolute Gasteiger partial charge is 0.466 e. The van der Waals surface area contributed by atoms with Gasteiger partial charge in [0, 0.05) is 4.70 Å². The number of hydrogen-bond acceptors (Lipinski definition) is 3. The Kier molecular flexibility index (Phi) is 4.02. The van der Waals surface area contributed by atoms with Gasteiger partial charge < -0.3 is 4.74 Å². The van der Waals surface area contributed by atoms with Crippen molar-refractivity contribution in [2.45, 2.75) is 26.7 Å². The monoisotopic (exact) mass is 262 g/mol. The lowest BCUT2D eigenvalue weighted by Gasteiger charge is -2.20. The van der Waals surface area contributed by atoms with Gasteiger partial charge >= 0.3 is 5.97 Å². The van der Waals surface area contributed by atoms with Crippen LogP contribution in [0.4, 0.5) is 0 Å². The quantitative estimate of drug-likeness (QED) is 0.772. The number of rotatable bonds is 4. The lowest BCUT2D eigenvalue weighted by molar-refractivity contribution is -0.146. The van der Waals surface area contributed by atoms with E-state index in [0.717, 1.165) is 5.56 Å². The molecule has 2 rings (SSSR count). The Hall–Kier alpha value is -1.35. The molecular formula is C15H18O2S. The topological polar surface area (TPSA) is 26.3 Å². The van der Waals surface area contributed by atoms with E-state index in [1.165, 1.54) is 10.1 Å². The molecule has 1 atom stereocenters. The molecule has 0 aliphatic rings. The first-order valence-corrected chi connectivity index (χ1v) is 7.15. The van der Waals surface area contributed by atoms with Gasteiger partial charge in [-0.3, -0.25) is 4.79 Å². The summed E-state index contributed by atoms with van der Waals surface area (Å²) in [5, 5.41) is 3.27. The molecule has 0 aliphatic heterocycles. The summed E-state index contributed by atoms with van der Waals surface area (Å²) in [5.74, 6) is -0.0579.